The minimum atomic E-state index is -0.295. The van der Waals surface area contributed by atoms with Crippen molar-refractivity contribution in [3.63, 3.8) is 0 Å². The minimum absolute atomic E-state index is 0.0172. The van der Waals surface area contributed by atoms with Crippen LogP contribution in [0.4, 0.5) is 15.8 Å². The van der Waals surface area contributed by atoms with Gasteiger partial charge in [-0.25, -0.2) is 4.39 Å². The predicted octanol–water partition coefficient (Wildman–Crippen LogP) is 2.64. The van der Waals surface area contributed by atoms with Gasteiger partial charge in [-0.2, -0.15) is 0 Å². The summed E-state index contributed by atoms with van der Waals surface area (Å²) in [6, 6.07) is 9.68. The molecule has 2 N–H and O–H groups in total. The van der Waals surface area contributed by atoms with Gasteiger partial charge in [0.05, 0.1) is 12.2 Å². The van der Waals surface area contributed by atoms with Gasteiger partial charge in [0, 0.05) is 11.8 Å². The van der Waals surface area contributed by atoms with Gasteiger partial charge >= 0.3 is 0 Å². The van der Waals surface area contributed by atoms with Crippen LogP contribution in [0.1, 0.15) is 11.1 Å². The van der Waals surface area contributed by atoms with Crippen LogP contribution in [0.15, 0.2) is 36.4 Å². The van der Waals surface area contributed by atoms with Crippen molar-refractivity contribution in [3.8, 4) is 5.75 Å². The zero-order valence-electron chi connectivity index (χ0n) is 11.6. The van der Waals surface area contributed by atoms with Crippen LogP contribution in [-0.2, 0) is 11.3 Å². The fraction of sp³-hybridized carbons (Fsp3) is 0.188. The van der Waals surface area contributed by atoms with Gasteiger partial charge in [0.2, 0.25) is 0 Å². The number of aryl methyl sites for hydroxylation is 1. The number of ether oxygens (including phenoxy) is 1. The van der Waals surface area contributed by atoms with Crippen LogP contribution in [-0.4, -0.2) is 12.5 Å². The van der Waals surface area contributed by atoms with Gasteiger partial charge in [-0.3, -0.25) is 4.79 Å². The van der Waals surface area contributed by atoms with E-state index in [0.717, 1.165) is 11.1 Å². The molecule has 0 fully saturated rings. The SMILES string of the molecule is Cc1cc2c(cc1N)OCC(=O)N2Cc1ccc(F)cc1. The third kappa shape index (κ3) is 2.54. The lowest BCUT2D eigenvalue weighted by molar-refractivity contribution is -0.121. The van der Waals surface area contributed by atoms with Crippen LogP contribution in [0.5, 0.6) is 5.75 Å². The van der Waals surface area contributed by atoms with Gasteiger partial charge in [0.25, 0.3) is 5.91 Å². The number of rotatable bonds is 2. The van der Waals surface area contributed by atoms with E-state index in [-0.39, 0.29) is 18.3 Å². The van der Waals surface area contributed by atoms with Crippen LogP contribution >= 0.6 is 0 Å². The first-order chi connectivity index (χ1) is 10.0. The van der Waals surface area contributed by atoms with Crippen LogP contribution in [0.2, 0.25) is 0 Å². The van der Waals surface area contributed by atoms with Crippen molar-refractivity contribution in [1.82, 2.24) is 0 Å². The molecule has 0 unspecified atom stereocenters. The van der Waals surface area contributed by atoms with E-state index >= 15 is 0 Å². The van der Waals surface area contributed by atoms with E-state index < -0.39 is 0 Å². The molecule has 2 aromatic carbocycles. The summed E-state index contributed by atoms with van der Waals surface area (Å²) in [5, 5.41) is 0. The van der Waals surface area contributed by atoms with Crippen molar-refractivity contribution in [3.05, 3.63) is 53.3 Å². The predicted molar refractivity (Wildman–Crippen MR) is 78.7 cm³/mol. The molecule has 1 amide bonds. The summed E-state index contributed by atoms with van der Waals surface area (Å²) in [5.41, 5.74) is 8.93. The third-order valence-electron chi connectivity index (χ3n) is 3.54. The molecule has 108 valence electrons. The van der Waals surface area contributed by atoms with Gasteiger partial charge in [-0.05, 0) is 36.2 Å². The van der Waals surface area contributed by atoms with E-state index in [1.165, 1.54) is 12.1 Å². The molecule has 2 aromatic rings. The van der Waals surface area contributed by atoms with Crippen molar-refractivity contribution < 1.29 is 13.9 Å². The topological polar surface area (TPSA) is 55.6 Å². The normalized spacial score (nSPS) is 13.8. The maximum Gasteiger partial charge on any atom is 0.265 e. The lowest BCUT2D eigenvalue weighted by atomic mass is 10.1. The number of nitrogen functional groups attached to an aromatic ring is 1. The number of halogens is 1. The lowest BCUT2D eigenvalue weighted by Gasteiger charge is -2.30. The highest BCUT2D eigenvalue weighted by Crippen LogP contribution is 2.36. The van der Waals surface area contributed by atoms with Crippen molar-refractivity contribution in [2.24, 2.45) is 0 Å². The number of anilines is 2. The Hall–Kier alpha value is -2.56. The summed E-state index contributed by atoms with van der Waals surface area (Å²) >= 11 is 0. The molecule has 21 heavy (non-hydrogen) atoms. The quantitative estimate of drug-likeness (QED) is 0.863. The molecule has 0 saturated heterocycles. The van der Waals surface area contributed by atoms with Gasteiger partial charge in [-0.1, -0.05) is 12.1 Å². The standard InChI is InChI=1S/C16H15FN2O2/c1-10-6-14-15(7-13(10)18)21-9-16(20)19(14)8-11-2-4-12(17)5-3-11/h2-7H,8-9,18H2,1H3. The first-order valence-corrected chi connectivity index (χ1v) is 6.62. The molecule has 4 nitrogen and oxygen atoms in total. The Balaban J connectivity index is 1.97. The van der Waals surface area contributed by atoms with E-state index in [0.29, 0.717) is 23.7 Å². The smallest absolute Gasteiger partial charge is 0.265 e. The maximum absolute atomic E-state index is 13.0. The van der Waals surface area contributed by atoms with Crippen molar-refractivity contribution in [1.29, 1.82) is 0 Å². The van der Waals surface area contributed by atoms with E-state index in [9.17, 15) is 9.18 Å². The first-order valence-electron chi connectivity index (χ1n) is 6.62. The molecular formula is C16H15FN2O2. The number of amides is 1. The number of carbonyl (C=O) groups is 1. The summed E-state index contributed by atoms with van der Waals surface area (Å²) in [4.78, 5) is 13.8. The highest BCUT2D eigenvalue weighted by molar-refractivity contribution is 5.98. The Kier molecular flexibility index (Phi) is 3.25. The summed E-state index contributed by atoms with van der Waals surface area (Å²) in [6.07, 6.45) is 0. The number of hydrogen-bond acceptors (Lipinski definition) is 3. The number of nitrogens with two attached hydrogens (primary N) is 1. The second-order valence-corrected chi connectivity index (χ2v) is 5.07. The van der Waals surface area contributed by atoms with Crippen LogP contribution in [0.3, 0.4) is 0 Å². The Morgan fingerprint density at radius 3 is 2.71 bits per heavy atom. The number of carbonyl (C=O) groups excluding carboxylic acids is 1. The minimum Gasteiger partial charge on any atom is -0.481 e. The van der Waals surface area contributed by atoms with E-state index in [1.54, 1.807) is 23.1 Å². The number of fused-ring (bicyclic) bond motifs is 1. The lowest BCUT2D eigenvalue weighted by Crippen LogP contribution is -2.38. The zero-order chi connectivity index (χ0) is 15.0. The monoisotopic (exact) mass is 286 g/mol. The van der Waals surface area contributed by atoms with E-state index in [2.05, 4.69) is 0 Å². The Morgan fingerprint density at radius 1 is 1.29 bits per heavy atom. The molecule has 0 saturated carbocycles. The molecule has 0 aromatic heterocycles. The molecule has 0 aliphatic carbocycles. The number of hydrogen-bond donors (Lipinski definition) is 1. The molecule has 1 aliphatic rings. The molecule has 0 bridgehead atoms. The van der Waals surface area contributed by atoms with Gasteiger partial charge < -0.3 is 15.4 Å². The first kappa shape index (κ1) is 13.4. The maximum atomic E-state index is 13.0. The molecule has 0 atom stereocenters. The molecule has 3 rings (SSSR count). The van der Waals surface area contributed by atoms with Gasteiger partial charge in [0.1, 0.15) is 11.6 Å². The molecule has 0 spiro atoms. The van der Waals surface area contributed by atoms with Gasteiger partial charge in [-0.15, -0.1) is 0 Å². The Labute approximate surface area is 121 Å². The molecule has 1 heterocycles. The zero-order valence-corrected chi connectivity index (χ0v) is 11.6. The van der Waals surface area contributed by atoms with Crippen LogP contribution < -0.4 is 15.4 Å². The summed E-state index contributed by atoms with van der Waals surface area (Å²) in [6.45, 7) is 2.24. The fourth-order valence-electron chi connectivity index (χ4n) is 2.31. The molecule has 0 radical (unpaired) electrons. The van der Waals surface area contributed by atoms with Crippen molar-refractivity contribution >= 4 is 17.3 Å². The largest absolute Gasteiger partial charge is 0.481 e. The summed E-state index contributed by atoms with van der Waals surface area (Å²) in [7, 11) is 0. The average Bonchev–Trinajstić information content (AvgIpc) is 2.46. The average molecular weight is 286 g/mol. The Bertz CT molecular complexity index is 698. The highest BCUT2D eigenvalue weighted by atomic mass is 19.1. The summed E-state index contributed by atoms with van der Waals surface area (Å²) < 4.78 is 18.4. The number of nitrogens with zero attached hydrogens (tertiary/aromatic N) is 1. The van der Waals surface area contributed by atoms with E-state index in [4.69, 9.17) is 10.5 Å². The molecule has 1 aliphatic heterocycles. The fourth-order valence-corrected chi connectivity index (χ4v) is 2.31. The molecule has 5 heteroatoms. The Morgan fingerprint density at radius 2 is 2.00 bits per heavy atom. The van der Waals surface area contributed by atoms with Crippen LogP contribution in [0, 0.1) is 12.7 Å². The van der Waals surface area contributed by atoms with E-state index in [1.807, 2.05) is 13.0 Å². The van der Waals surface area contributed by atoms with Crippen LogP contribution in [0.25, 0.3) is 0 Å². The summed E-state index contributed by atoms with van der Waals surface area (Å²) in [5.74, 6) is 0.173. The van der Waals surface area contributed by atoms with Gasteiger partial charge in [0.15, 0.2) is 6.61 Å². The molecular weight excluding hydrogens is 271 g/mol. The second-order valence-electron chi connectivity index (χ2n) is 5.07. The van der Waals surface area contributed by atoms with Crippen molar-refractivity contribution in [2.45, 2.75) is 13.5 Å². The third-order valence-corrected chi connectivity index (χ3v) is 3.54. The van der Waals surface area contributed by atoms with Crippen molar-refractivity contribution in [2.75, 3.05) is 17.2 Å². The second kappa shape index (κ2) is 5.09. The number of benzene rings is 2. The highest BCUT2D eigenvalue weighted by Gasteiger charge is 2.26.